The summed E-state index contributed by atoms with van der Waals surface area (Å²) in [5.41, 5.74) is 2.56. The quantitative estimate of drug-likeness (QED) is 0.605. The predicted molar refractivity (Wildman–Crippen MR) is 107 cm³/mol. The van der Waals surface area contributed by atoms with Crippen LogP contribution in [0.2, 0.25) is 0 Å². The molecule has 0 saturated carbocycles. The highest BCUT2D eigenvalue weighted by molar-refractivity contribution is 5.24. The molecule has 134 valence electrons. The Labute approximate surface area is 152 Å². The van der Waals surface area contributed by atoms with Crippen molar-refractivity contribution in [1.29, 1.82) is 0 Å². The normalized spacial score (nSPS) is 15.4. The zero-order valence-electron chi connectivity index (χ0n) is 15.9. The van der Waals surface area contributed by atoms with Crippen LogP contribution in [-0.2, 0) is 4.74 Å². The van der Waals surface area contributed by atoms with Crippen LogP contribution in [0, 0.1) is 11.8 Å². The monoisotopic (exact) mass is 337 g/mol. The number of rotatable bonds is 9. The van der Waals surface area contributed by atoms with E-state index < -0.39 is 0 Å². The lowest BCUT2D eigenvalue weighted by Gasteiger charge is -2.29. The third-order valence-corrected chi connectivity index (χ3v) is 4.40. The molecule has 2 aromatic carbocycles. The van der Waals surface area contributed by atoms with Crippen LogP contribution < -0.4 is 5.32 Å². The predicted octanol–water partition coefficient (Wildman–Crippen LogP) is 5.55. The van der Waals surface area contributed by atoms with Gasteiger partial charge in [0.15, 0.2) is 0 Å². The largest absolute Gasteiger partial charge is 0.383 e. The summed E-state index contributed by atoms with van der Waals surface area (Å²) in [6.07, 6.45) is 4.61. The van der Waals surface area contributed by atoms with Gasteiger partial charge >= 0.3 is 0 Å². The first-order valence-corrected chi connectivity index (χ1v) is 9.15. The van der Waals surface area contributed by atoms with Gasteiger partial charge in [-0.25, -0.2) is 0 Å². The second kappa shape index (κ2) is 10.2. The van der Waals surface area contributed by atoms with Crippen LogP contribution >= 0.6 is 0 Å². The third kappa shape index (κ3) is 6.15. The van der Waals surface area contributed by atoms with Crippen LogP contribution in [0.4, 0.5) is 0 Å². The van der Waals surface area contributed by atoms with E-state index in [1.54, 1.807) is 7.11 Å². The van der Waals surface area contributed by atoms with E-state index in [0.717, 1.165) is 0 Å². The molecule has 25 heavy (non-hydrogen) atoms. The van der Waals surface area contributed by atoms with E-state index in [0.29, 0.717) is 18.4 Å². The van der Waals surface area contributed by atoms with Crippen molar-refractivity contribution in [1.82, 2.24) is 5.32 Å². The molecular weight excluding hydrogens is 306 g/mol. The van der Waals surface area contributed by atoms with Gasteiger partial charge in [-0.3, -0.25) is 0 Å². The van der Waals surface area contributed by atoms with Gasteiger partial charge in [-0.2, -0.15) is 0 Å². The molecule has 0 bridgehead atoms. The Kier molecular flexibility index (Phi) is 7.90. The summed E-state index contributed by atoms with van der Waals surface area (Å²) < 4.78 is 5.49. The van der Waals surface area contributed by atoms with Gasteiger partial charge in [0.05, 0.1) is 12.6 Å². The Morgan fingerprint density at radius 2 is 1.40 bits per heavy atom. The van der Waals surface area contributed by atoms with Crippen molar-refractivity contribution in [3.63, 3.8) is 0 Å². The molecule has 0 saturated heterocycles. The van der Waals surface area contributed by atoms with Crippen molar-refractivity contribution in [3.05, 3.63) is 83.9 Å². The van der Waals surface area contributed by atoms with Crippen molar-refractivity contribution < 1.29 is 4.74 Å². The number of nitrogens with one attached hydrogen (secondary N) is 1. The van der Waals surface area contributed by atoms with Gasteiger partial charge in [0.1, 0.15) is 0 Å². The molecule has 0 radical (unpaired) electrons. The van der Waals surface area contributed by atoms with Crippen molar-refractivity contribution >= 4 is 0 Å². The number of ether oxygens (including phenoxy) is 1. The SMILES string of the molecule is COC[C@H](N[C@@H](c1ccccc1)[C@H](C)/C=C\C(C)C)c1ccccc1. The summed E-state index contributed by atoms with van der Waals surface area (Å²) in [4.78, 5) is 0. The Morgan fingerprint density at radius 1 is 0.840 bits per heavy atom. The van der Waals surface area contributed by atoms with Crippen LogP contribution in [0.15, 0.2) is 72.8 Å². The van der Waals surface area contributed by atoms with Crippen LogP contribution in [0.1, 0.15) is 44.0 Å². The maximum absolute atomic E-state index is 5.49. The van der Waals surface area contributed by atoms with E-state index in [9.17, 15) is 0 Å². The summed E-state index contributed by atoms with van der Waals surface area (Å²) in [5, 5.41) is 3.83. The number of allylic oxidation sites excluding steroid dienone is 1. The fourth-order valence-electron chi connectivity index (χ4n) is 3.03. The molecule has 0 fully saturated rings. The third-order valence-electron chi connectivity index (χ3n) is 4.40. The van der Waals surface area contributed by atoms with Gasteiger partial charge < -0.3 is 10.1 Å². The molecule has 0 amide bonds. The van der Waals surface area contributed by atoms with E-state index in [-0.39, 0.29) is 12.1 Å². The molecule has 2 nitrogen and oxygen atoms in total. The second-order valence-electron chi connectivity index (χ2n) is 6.96. The summed E-state index contributed by atoms with van der Waals surface area (Å²) in [6.45, 7) is 7.35. The highest BCUT2D eigenvalue weighted by Crippen LogP contribution is 2.27. The fraction of sp³-hybridized carbons (Fsp3) is 0.391. The molecule has 0 aliphatic rings. The Bertz CT molecular complexity index is 621. The van der Waals surface area contributed by atoms with E-state index in [2.05, 4.69) is 98.9 Å². The van der Waals surface area contributed by atoms with Crippen molar-refractivity contribution in [2.24, 2.45) is 11.8 Å². The van der Waals surface area contributed by atoms with Crippen LogP contribution in [0.25, 0.3) is 0 Å². The zero-order chi connectivity index (χ0) is 18.1. The standard InChI is InChI=1S/C23H31NO/c1-18(2)15-16-19(3)23(21-13-9-6-10-14-21)24-22(17-25-4)20-11-7-5-8-12-20/h5-16,18-19,22-24H,17H2,1-4H3/b16-15-/t19-,22+,23-/m1/s1. The average molecular weight is 338 g/mol. The molecule has 2 heteroatoms. The highest BCUT2D eigenvalue weighted by Gasteiger charge is 2.22. The molecule has 0 aliphatic carbocycles. The van der Waals surface area contributed by atoms with Gasteiger partial charge in [-0.1, -0.05) is 93.6 Å². The number of hydrogen-bond acceptors (Lipinski definition) is 2. The summed E-state index contributed by atoms with van der Waals surface area (Å²) >= 11 is 0. The molecule has 0 aromatic heterocycles. The minimum absolute atomic E-state index is 0.159. The maximum atomic E-state index is 5.49. The van der Waals surface area contributed by atoms with Gasteiger partial charge in [0, 0.05) is 13.2 Å². The molecule has 0 aliphatic heterocycles. The van der Waals surface area contributed by atoms with Gasteiger partial charge in [0.25, 0.3) is 0 Å². The smallest absolute Gasteiger partial charge is 0.0657 e. The summed E-state index contributed by atoms with van der Waals surface area (Å²) in [7, 11) is 1.76. The number of methoxy groups -OCH3 is 1. The molecule has 0 spiro atoms. The lowest BCUT2D eigenvalue weighted by Crippen LogP contribution is -2.32. The van der Waals surface area contributed by atoms with E-state index >= 15 is 0 Å². The first kappa shape index (κ1) is 19.4. The fourth-order valence-corrected chi connectivity index (χ4v) is 3.03. The van der Waals surface area contributed by atoms with Gasteiger partial charge in [-0.05, 0) is 23.0 Å². The van der Waals surface area contributed by atoms with Crippen molar-refractivity contribution in [3.8, 4) is 0 Å². The van der Waals surface area contributed by atoms with Crippen LogP contribution in [0.3, 0.4) is 0 Å². The summed E-state index contributed by atoms with van der Waals surface area (Å²) in [5.74, 6) is 0.940. The minimum atomic E-state index is 0.159. The molecule has 2 rings (SSSR count). The maximum Gasteiger partial charge on any atom is 0.0657 e. The van der Waals surface area contributed by atoms with E-state index in [4.69, 9.17) is 4.74 Å². The highest BCUT2D eigenvalue weighted by atomic mass is 16.5. The molecule has 0 unspecified atom stereocenters. The minimum Gasteiger partial charge on any atom is -0.383 e. The van der Waals surface area contributed by atoms with Crippen LogP contribution in [0.5, 0.6) is 0 Å². The number of hydrogen-bond donors (Lipinski definition) is 1. The molecule has 1 N–H and O–H groups in total. The Balaban J connectivity index is 2.27. The van der Waals surface area contributed by atoms with E-state index in [1.807, 2.05) is 0 Å². The zero-order valence-corrected chi connectivity index (χ0v) is 15.9. The lowest BCUT2D eigenvalue weighted by atomic mass is 9.91. The topological polar surface area (TPSA) is 21.3 Å². The molecular formula is C23H31NO. The Hall–Kier alpha value is -1.90. The first-order chi connectivity index (χ1) is 12.1. The average Bonchev–Trinajstić information content (AvgIpc) is 2.64. The molecule has 3 atom stereocenters. The lowest BCUT2D eigenvalue weighted by molar-refractivity contribution is 0.157. The summed E-state index contributed by atoms with van der Waals surface area (Å²) in [6, 6.07) is 21.6. The van der Waals surface area contributed by atoms with Crippen molar-refractivity contribution in [2.75, 3.05) is 13.7 Å². The second-order valence-corrected chi connectivity index (χ2v) is 6.96. The van der Waals surface area contributed by atoms with Crippen LogP contribution in [-0.4, -0.2) is 13.7 Å². The van der Waals surface area contributed by atoms with E-state index in [1.165, 1.54) is 11.1 Å². The molecule has 2 aromatic rings. The van der Waals surface area contributed by atoms with Crippen molar-refractivity contribution in [2.45, 2.75) is 32.9 Å². The van der Waals surface area contributed by atoms with Gasteiger partial charge in [-0.15, -0.1) is 0 Å². The Morgan fingerprint density at radius 3 is 1.92 bits per heavy atom. The number of benzene rings is 2. The molecule has 0 heterocycles. The first-order valence-electron chi connectivity index (χ1n) is 9.15. The van der Waals surface area contributed by atoms with Gasteiger partial charge in [0.2, 0.25) is 0 Å².